The molecule has 3 aromatic rings. The zero-order chi connectivity index (χ0) is 19.1. The third-order valence-corrected chi connectivity index (χ3v) is 6.18. The monoisotopic (exact) mass is 440 g/mol. The fourth-order valence-electron chi connectivity index (χ4n) is 2.52. The number of benzene rings is 2. The van der Waals surface area contributed by atoms with Crippen molar-refractivity contribution in [3.8, 4) is 0 Å². The van der Waals surface area contributed by atoms with Gasteiger partial charge in [-0.25, -0.2) is 4.98 Å². The Morgan fingerprint density at radius 2 is 1.78 bits per heavy atom. The van der Waals surface area contributed by atoms with Crippen LogP contribution in [0.4, 0.5) is 0 Å². The Morgan fingerprint density at radius 3 is 2.48 bits per heavy atom. The number of hydrogen-bond acceptors (Lipinski definition) is 3. The summed E-state index contributed by atoms with van der Waals surface area (Å²) in [6.45, 7) is 2.02. The summed E-state index contributed by atoms with van der Waals surface area (Å²) in [5.74, 6) is 0.834. The first-order valence-corrected chi connectivity index (χ1v) is 10.6. The second-order valence-corrected chi connectivity index (χ2v) is 8.62. The van der Waals surface area contributed by atoms with Crippen LogP contribution in [0.2, 0.25) is 15.1 Å². The average molecular weight is 442 g/mol. The van der Waals surface area contributed by atoms with Gasteiger partial charge in [0, 0.05) is 35.0 Å². The van der Waals surface area contributed by atoms with Crippen LogP contribution in [-0.4, -0.2) is 21.4 Å². The number of aromatic nitrogens is 2. The number of thioether (sulfide) groups is 1. The first kappa shape index (κ1) is 20.6. The zero-order valence-corrected chi connectivity index (χ0v) is 17.6. The first-order valence-electron chi connectivity index (χ1n) is 8.43. The van der Waals surface area contributed by atoms with E-state index in [1.54, 1.807) is 6.20 Å². The van der Waals surface area contributed by atoms with Gasteiger partial charge in [0.15, 0.2) is 0 Å². The maximum absolute atomic E-state index is 6.12. The Morgan fingerprint density at radius 1 is 1.00 bits per heavy atom. The van der Waals surface area contributed by atoms with Crippen molar-refractivity contribution in [2.75, 3.05) is 6.61 Å². The fraction of sp³-hybridized carbons (Fsp3) is 0.250. The Hall–Kier alpha value is -1.17. The van der Waals surface area contributed by atoms with E-state index in [0.29, 0.717) is 23.3 Å². The van der Waals surface area contributed by atoms with Gasteiger partial charge in [-0.2, -0.15) is 0 Å². The maximum atomic E-state index is 6.12. The molecule has 27 heavy (non-hydrogen) atoms. The Balaban J connectivity index is 1.56. The van der Waals surface area contributed by atoms with E-state index in [1.807, 2.05) is 66.8 Å². The standard InChI is InChI=1S/C20H19Cl3N2OS/c21-17-4-1-15(2-5-17)11-26-12-18(10-25-8-7-24-14-25)27-13-16-3-6-19(22)20(23)9-16/h1-9,14,18H,10-13H2. The van der Waals surface area contributed by atoms with Gasteiger partial charge in [0.1, 0.15) is 0 Å². The van der Waals surface area contributed by atoms with Crippen molar-refractivity contribution >= 4 is 46.6 Å². The molecular weight excluding hydrogens is 423 g/mol. The average Bonchev–Trinajstić information content (AvgIpc) is 3.17. The molecule has 3 nitrogen and oxygen atoms in total. The van der Waals surface area contributed by atoms with Gasteiger partial charge in [-0.15, -0.1) is 11.8 Å². The lowest BCUT2D eigenvalue weighted by Crippen LogP contribution is -2.19. The Labute approximate surface area is 178 Å². The minimum atomic E-state index is 0.279. The van der Waals surface area contributed by atoms with E-state index >= 15 is 0 Å². The second kappa shape index (κ2) is 10.4. The van der Waals surface area contributed by atoms with E-state index in [4.69, 9.17) is 39.5 Å². The summed E-state index contributed by atoms with van der Waals surface area (Å²) in [6.07, 6.45) is 5.58. The molecule has 0 spiro atoms. The van der Waals surface area contributed by atoms with Crippen molar-refractivity contribution < 1.29 is 4.74 Å². The van der Waals surface area contributed by atoms with Gasteiger partial charge >= 0.3 is 0 Å². The molecule has 0 saturated carbocycles. The third kappa shape index (κ3) is 6.74. The molecule has 1 heterocycles. The molecule has 2 aromatic carbocycles. The smallest absolute Gasteiger partial charge is 0.0946 e. The first-order chi connectivity index (χ1) is 13.1. The van der Waals surface area contributed by atoms with Gasteiger partial charge in [0.05, 0.1) is 29.6 Å². The molecule has 142 valence electrons. The lowest BCUT2D eigenvalue weighted by Gasteiger charge is -2.18. The van der Waals surface area contributed by atoms with Crippen molar-refractivity contribution in [3.05, 3.63) is 87.4 Å². The van der Waals surface area contributed by atoms with Crippen LogP contribution in [0, 0.1) is 0 Å². The molecule has 0 aliphatic carbocycles. The van der Waals surface area contributed by atoms with Gasteiger partial charge in [-0.3, -0.25) is 0 Å². The highest BCUT2D eigenvalue weighted by Crippen LogP contribution is 2.26. The number of halogens is 3. The summed E-state index contributed by atoms with van der Waals surface area (Å²) in [5.41, 5.74) is 2.25. The predicted molar refractivity (Wildman–Crippen MR) is 115 cm³/mol. The summed E-state index contributed by atoms with van der Waals surface area (Å²) in [7, 11) is 0. The predicted octanol–water partition coefficient (Wildman–Crippen LogP) is 6.36. The minimum absolute atomic E-state index is 0.279. The summed E-state index contributed by atoms with van der Waals surface area (Å²) >= 11 is 19.9. The summed E-state index contributed by atoms with van der Waals surface area (Å²) in [5, 5.41) is 2.17. The van der Waals surface area contributed by atoms with E-state index in [2.05, 4.69) is 9.55 Å². The van der Waals surface area contributed by atoms with Crippen LogP contribution in [0.3, 0.4) is 0 Å². The van der Waals surface area contributed by atoms with Crippen LogP contribution in [0.5, 0.6) is 0 Å². The molecule has 0 fully saturated rings. The minimum Gasteiger partial charge on any atom is -0.376 e. The maximum Gasteiger partial charge on any atom is 0.0946 e. The molecule has 0 aliphatic heterocycles. The highest BCUT2D eigenvalue weighted by Gasteiger charge is 2.12. The SMILES string of the molecule is Clc1ccc(COCC(Cn2ccnc2)SCc2ccc(Cl)c(Cl)c2)cc1. The number of hydrogen-bond donors (Lipinski definition) is 0. The molecular formula is C20H19Cl3N2OS. The van der Waals surface area contributed by atoms with Gasteiger partial charge in [0.2, 0.25) is 0 Å². The van der Waals surface area contributed by atoms with Crippen molar-refractivity contribution in [2.24, 2.45) is 0 Å². The molecule has 0 aliphatic rings. The van der Waals surface area contributed by atoms with Crippen LogP contribution in [-0.2, 0) is 23.6 Å². The molecule has 7 heteroatoms. The van der Waals surface area contributed by atoms with Crippen LogP contribution < -0.4 is 0 Å². The molecule has 1 atom stereocenters. The third-order valence-electron chi connectivity index (χ3n) is 3.93. The van der Waals surface area contributed by atoms with E-state index in [1.165, 1.54) is 0 Å². The summed E-state index contributed by atoms with van der Waals surface area (Å²) in [4.78, 5) is 4.12. The largest absolute Gasteiger partial charge is 0.376 e. The Kier molecular flexibility index (Phi) is 7.92. The van der Waals surface area contributed by atoms with Gasteiger partial charge in [-0.1, -0.05) is 53.0 Å². The summed E-state index contributed by atoms with van der Waals surface area (Å²) in [6, 6.07) is 13.5. The molecule has 1 unspecified atom stereocenters. The van der Waals surface area contributed by atoms with E-state index in [-0.39, 0.29) is 5.25 Å². The highest BCUT2D eigenvalue weighted by molar-refractivity contribution is 7.99. The van der Waals surface area contributed by atoms with Gasteiger partial charge in [0.25, 0.3) is 0 Å². The van der Waals surface area contributed by atoms with Crippen molar-refractivity contribution in [2.45, 2.75) is 24.2 Å². The zero-order valence-electron chi connectivity index (χ0n) is 14.5. The van der Waals surface area contributed by atoms with E-state index < -0.39 is 0 Å². The molecule has 0 bridgehead atoms. The van der Waals surface area contributed by atoms with Crippen molar-refractivity contribution in [3.63, 3.8) is 0 Å². The summed E-state index contributed by atoms with van der Waals surface area (Å²) < 4.78 is 8.02. The number of imidazole rings is 1. The second-order valence-electron chi connectivity index (χ2n) is 6.08. The highest BCUT2D eigenvalue weighted by atomic mass is 35.5. The lowest BCUT2D eigenvalue weighted by molar-refractivity contribution is 0.119. The Bertz CT molecular complexity index is 841. The van der Waals surface area contributed by atoms with Crippen LogP contribution in [0.25, 0.3) is 0 Å². The molecule has 0 saturated heterocycles. The molecule has 0 N–H and O–H groups in total. The number of nitrogens with zero attached hydrogens (tertiary/aromatic N) is 2. The van der Waals surface area contributed by atoms with Crippen LogP contribution in [0.15, 0.2) is 61.2 Å². The lowest BCUT2D eigenvalue weighted by atomic mass is 10.2. The normalized spacial score (nSPS) is 12.3. The van der Waals surface area contributed by atoms with Crippen molar-refractivity contribution in [1.29, 1.82) is 0 Å². The van der Waals surface area contributed by atoms with E-state index in [9.17, 15) is 0 Å². The van der Waals surface area contributed by atoms with Crippen LogP contribution in [0.1, 0.15) is 11.1 Å². The molecule has 0 radical (unpaired) electrons. The van der Waals surface area contributed by atoms with Gasteiger partial charge < -0.3 is 9.30 Å². The quantitative estimate of drug-likeness (QED) is 0.386. The van der Waals surface area contributed by atoms with E-state index in [0.717, 1.165) is 28.4 Å². The molecule has 1 aromatic heterocycles. The number of rotatable bonds is 9. The molecule has 0 amide bonds. The van der Waals surface area contributed by atoms with Crippen LogP contribution >= 0.6 is 46.6 Å². The van der Waals surface area contributed by atoms with Crippen molar-refractivity contribution in [1.82, 2.24) is 9.55 Å². The fourth-order valence-corrected chi connectivity index (χ4v) is 4.04. The molecule has 3 rings (SSSR count). The topological polar surface area (TPSA) is 27.1 Å². The number of ether oxygens (including phenoxy) is 1. The van der Waals surface area contributed by atoms with Gasteiger partial charge in [-0.05, 0) is 35.4 Å².